The maximum absolute atomic E-state index is 12.7. The van der Waals surface area contributed by atoms with Gasteiger partial charge < -0.3 is 19.2 Å². The summed E-state index contributed by atoms with van der Waals surface area (Å²) in [5.41, 5.74) is 0.858. The standard InChI is InChI=1S/C21H21BrN2O6/c1-4-12(2)29-17-7-5-13(9-15(17)22)10-16-19(25)24(21(27)23-16)11-14-6-8-18(30-14)20(26)28-3/h5-10,12H,4,11H2,1-3H3,(H,23,27). The van der Waals surface area contributed by atoms with Gasteiger partial charge in [0.2, 0.25) is 5.76 Å². The minimum Gasteiger partial charge on any atom is -0.490 e. The van der Waals surface area contributed by atoms with Gasteiger partial charge >= 0.3 is 12.0 Å². The second-order valence-corrected chi connectivity index (χ2v) is 7.52. The Morgan fingerprint density at radius 3 is 2.73 bits per heavy atom. The van der Waals surface area contributed by atoms with Gasteiger partial charge in [-0.25, -0.2) is 9.59 Å². The molecule has 0 bridgehead atoms. The first-order chi connectivity index (χ1) is 14.3. The molecule has 1 unspecified atom stereocenters. The number of nitrogens with one attached hydrogen (secondary N) is 1. The number of carbonyl (C=O) groups is 3. The van der Waals surface area contributed by atoms with Crippen molar-refractivity contribution in [1.29, 1.82) is 0 Å². The summed E-state index contributed by atoms with van der Waals surface area (Å²) in [7, 11) is 1.24. The van der Waals surface area contributed by atoms with Crippen LogP contribution in [0.5, 0.6) is 5.75 Å². The minimum atomic E-state index is -0.634. The maximum Gasteiger partial charge on any atom is 0.373 e. The van der Waals surface area contributed by atoms with Gasteiger partial charge in [0.1, 0.15) is 17.2 Å². The van der Waals surface area contributed by atoms with E-state index in [4.69, 9.17) is 9.15 Å². The fraction of sp³-hybridized carbons (Fsp3) is 0.286. The molecule has 0 radical (unpaired) electrons. The normalized spacial score (nSPS) is 16.0. The zero-order valence-electron chi connectivity index (χ0n) is 16.7. The van der Waals surface area contributed by atoms with Gasteiger partial charge in [-0.2, -0.15) is 0 Å². The van der Waals surface area contributed by atoms with Crippen LogP contribution in [0.1, 0.15) is 42.1 Å². The zero-order chi connectivity index (χ0) is 21.8. The predicted octanol–water partition coefficient (Wildman–Crippen LogP) is 4.10. The molecule has 2 aromatic rings. The van der Waals surface area contributed by atoms with Crippen molar-refractivity contribution in [2.24, 2.45) is 0 Å². The Hall–Kier alpha value is -3.07. The summed E-state index contributed by atoms with van der Waals surface area (Å²) in [5, 5.41) is 2.56. The highest BCUT2D eigenvalue weighted by Crippen LogP contribution is 2.28. The van der Waals surface area contributed by atoms with E-state index in [2.05, 4.69) is 26.0 Å². The van der Waals surface area contributed by atoms with E-state index in [0.717, 1.165) is 21.4 Å². The molecule has 8 nitrogen and oxygen atoms in total. The quantitative estimate of drug-likeness (QED) is 0.367. The molecule has 158 valence electrons. The van der Waals surface area contributed by atoms with Crippen LogP contribution in [0.4, 0.5) is 4.79 Å². The third-order valence-electron chi connectivity index (χ3n) is 4.49. The fourth-order valence-corrected chi connectivity index (χ4v) is 3.20. The van der Waals surface area contributed by atoms with Gasteiger partial charge in [0.05, 0.1) is 24.2 Å². The van der Waals surface area contributed by atoms with Crippen molar-refractivity contribution in [3.05, 3.63) is 57.6 Å². The molecule has 1 atom stereocenters. The molecule has 0 aliphatic carbocycles. The van der Waals surface area contributed by atoms with E-state index in [9.17, 15) is 14.4 Å². The maximum atomic E-state index is 12.7. The summed E-state index contributed by atoms with van der Waals surface area (Å²) in [6, 6.07) is 7.78. The van der Waals surface area contributed by atoms with Crippen molar-refractivity contribution < 1.29 is 28.3 Å². The van der Waals surface area contributed by atoms with Crippen LogP contribution in [0.25, 0.3) is 6.08 Å². The van der Waals surface area contributed by atoms with E-state index in [1.165, 1.54) is 19.2 Å². The number of rotatable bonds is 7. The molecule has 0 spiro atoms. The number of halogens is 1. The van der Waals surface area contributed by atoms with Gasteiger partial charge in [-0.3, -0.25) is 9.69 Å². The summed E-state index contributed by atoms with van der Waals surface area (Å²) in [6.07, 6.45) is 2.54. The second-order valence-electron chi connectivity index (χ2n) is 6.66. The lowest BCUT2D eigenvalue weighted by Gasteiger charge is -2.14. The lowest BCUT2D eigenvalue weighted by atomic mass is 10.2. The Labute approximate surface area is 181 Å². The third kappa shape index (κ3) is 4.73. The number of hydrogen-bond donors (Lipinski definition) is 1. The van der Waals surface area contributed by atoms with Crippen molar-refractivity contribution in [3.63, 3.8) is 0 Å². The molecule has 3 amide bonds. The van der Waals surface area contributed by atoms with Gasteiger partial charge in [-0.05, 0) is 65.2 Å². The van der Waals surface area contributed by atoms with E-state index >= 15 is 0 Å². The highest BCUT2D eigenvalue weighted by atomic mass is 79.9. The van der Waals surface area contributed by atoms with Crippen LogP contribution >= 0.6 is 15.9 Å². The predicted molar refractivity (Wildman–Crippen MR) is 112 cm³/mol. The summed E-state index contributed by atoms with van der Waals surface area (Å²) in [4.78, 5) is 37.4. The van der Waals surface area contributed by atoms with Gasteiger partial charge in [0, 0.05) is 0 Å². The number of urea groups is 1. The Bertz CT molecular complexity index is 1010. The molecular formula is C21H21BrN2O6. The summed E-state index contributed by atoms with van der Waals surface area (Å²) >= 11 is 3.47. The van der Waals surface area contributed by atoms with Crippen molar-refractivity contribution >= 4 is 39.9 Å². The molecule has 1 aliphatic heterocycles. The molecule has 1 N–H and O–H groups in total. The van der Waals surface area contributed by atoms with E-state index < -0.39 is 17.9 Å². The lowest BCUT2D eigenvalue weighted by molar-refractivity contribution is -0.123. The van der Waals surface area contributed by atoms with Crippen LogP contribution < -0.4 is 10.1 Å². The Morgan fingerprint density at radius 1 is 1.30 bits per heavy atom. The molecule has 1 aliphatic rings. The van der Waals surface area contributed by atoms with E-state index in [-0.39, 0.29) is 29.9 Å². The van der Waals surface area contributed by atoms with Crippen molar-refractivity contribution in [1.82, 2.24) is 10.2 Å². The van der Waals surface area contributed by atoms with Gasteiger partial charge in [0.15, 0.2) is 0 Å². The largest absolute Gasteiger partial charge is 0.490 e. The monoisotopic (exact) mass is 476 g/mol. The number of nitrogens with zero attached hydrogens (tertiary/aromatic N) is 1. The summed E-state index contributed by atoms with van der Waals surface area (Å²) in [6.45, 7) is 3.91. The molecule has 30 heavy (non-hydrogen) atoms. The molecular weight excluding hydrogens is 456 g/mol. The van der Waals surface area contributed by atoms with E-state index in [1.807, 2.05) is 19.9 Å². The van der Waals surface area contributed by atoms with Crippen LogP contribution in [0.3, 0.4) is 0 Å². The van der Waals surface area contributed by atoms with Gasteiger partial charge in [0.25, 0.3) is 5.91 Å². The number of amides is 3. The molecule has 0 saturated carbocycles. The first-order valence-corrected chi connectivity index (χ1v) is 10.1. The first kappa shape index (κ1) is 21.6. The zero-order valence-corrected chi connectivity index (χ0v) is 18.3. The second kappa shape index (κ2) is 9.17. The highest BCUT2D eigenvalue weighted by molar-refractivity contribution is 9.10. The van der Waals surface area contributed by atoms with Crippen LogP contribution in [0.2, 0.25) is 0 Å². The SMILES string of the molecule is CCC(C)Oc1ccc(C=C2NC(=O)N(Cc3ccc(C(=O)OC)o3)C2=O)cc1Br. The number of ether oxygens (including phenoxy) is 2. The van der Waals surface area contributed by atoms with E-state index in [0.29, 0.717) is 5.75 Å². The molecule has 1 aromatic heterocycles. The fourth-order valence-electron chi connectivity index (χ4n) is 2.71. The van der Waals surface area contributed by atoms with Crippen molar-refractivity contribution in [2.75, 3.05) is 7.11 Å². The molecule has 1 aromatic carbocycles. The molecule has 2 heterocycles. The number of carbonyl (C=O) groups excluding carboxylic acids is 3. The van der Waals surface area contributed by atoms with Crippen LogP contribution in [0, 0.1) is 0 Å². The van der Waals surface area contributed by atoms with Gasteiger partial charge in [-0.1, -0.05) is 13.0 Å². The number of imide groups is 1. The van der Waals surface area contributed by atoms with Crippen LogP contribution in [-0.2, 0) is 16.1 Å². The molecule has 1 fully saturated rings. The smallest absolute Gasteiger partial charge is 0.373 e. The van der Waals surface area contributed by atoms with Gasteiger partial charge in [-0.15, -0.1) is 0 Å². The molecule has 9 heteroatoms. The van der Waals surface area contributed by atoms with Crippen LogP contribution in [0.15, 0.2) is 44.9 Å². The Morgan fingerprint density at radius 2 is 2.07 bits per heavy atom. The summed E-state index contributed by atoms with van der Waals surface area (Å²) < 4.78 is 16.5. The van der Waals surface area contributed by atoms with Crippen molar-refractivity contribution in [3.8, 4) is 5.75 Å². The number of benzene rings is 1. The average Bonchev–Trinajstić information content (AvgIpc) is 3.30. The first-order valence-electron chi connectivity index (χ1n) is 9.30. The topological polar surface area (TPSA) is 98.1 Å². The number of hydrogen-bond acceptors (Lipinski definition) is 6. The lowest BCUT2D eigenvalue weighted by Crippen LogP contribution is -2.30. The average molecular weight is 477 g/mol. The number of methoxy groups -OCH3 is 1. The number of furan rings is 1. The third-order valence-corrected chi connectivity index (χ3v) is 5.11. The van der Waals surface area contributed by atoms with E-state index in [1.54, 1.807) is 18.2 Å². The van der Waals surface area contributed by atoms with Crippen molar-refractivity contribution in [2.45, 2.75) is 32.9 Å². The molecule has 3 rings (SSSR count). The Kier molecular flexibility index (Phi) is 6.61. The number of esters is 1. The molecule has 1 saturated heterocycles. The van der Waals surface area contributed by atoms with Crippen LogP contribution in [-0.4, -0.2) is 36.0 Å². The highest BCUT2D eigenvalue weighted by Gasteiger charge is 2.34. The Balaban J connectivity index is 1.74. The summed E-state index contributed by atoms with van der Waals surface area (Å²) in [5.74, 6) is -0.138. The minimum absolute atomic E-state index is 0.000120.